The standard InChI is InChI=1S/C25H24INO2S/c1-4-26-20-7-5-6-8-22(20)30-23-12-16(9-10-21(23)26)17-11-18(14-25(2,3)13-17)19(15-27)24(28)29/h5-12H,4,13-14H2,1-3H3,(H,28,29)/b19-18-. The molecule has 0 unspecified atom stereocenters. The summed E-state index contributed by atoms with van der Waals surface area (Å²) in [6, 6.07) is 17.5. The van der Waals surface area contributed by atoms with E-state index in [-0.39, 0.29) is 11.0 Å². The fourth-order valence-corrected chi connectivity index (χ4v) is 12.2. The molecule has 5 heteroatoms. The van der Waals surface area contributed by atoms with Crippen molar-refractivity contribution in [3.05, 3.63) is 72.4 Å². The van der Waals surface area contributed by atoms with Crippen LogP contribution in [0.3, 0.4) is 0 Å². The van der Waals surface area contributed by atoms with Crippen molar-refractivity contribution >= 4 is 43.1 Å². The van der Waals surface area contributed by atoms with Crippen LogP contribution in [0.25, 0.3) is 5.57 Å². The van der Waals surface area contributed by atoms with Gasteiger partial charge in [-0.1, -0.05) is 0 Å². The second-order valence-electron chi connectivity index (χ2n) is 8.31. The zero-order chi connectivity index (χ0) is 21.5. The number of hydrogen-bond donors (Lipinski definition) is 1. The van der Waals surface area contributed by atoms with Crippen molar-refractivity contribution in [1.82, 2.24) is 0 Å². The van der Waals surface area contributed by atoms with Crippen LogP contribution in [-0.4, -0.2) is 15.5 Å². The molecule has 0 amide bonds. The molecule has 1 aliphatic heterocycles. The van der Waals surface area contributed by atoms with Gasteiger partial charge in [0, 0.05) is 0 Å². The summed E-state index contributed by atoms with van der Waals surface area (Å²) in [6.45, 7) is 6.58. The topological polar surface area (TPSA) is 61.1 Å². The first-order valence-electron chi connectivity index (χ1n) is 9.97. The third-order valence-electron chi connectivity index (χ3n) is 5.45. The van der Waals surface area contributed by atoms with Crippen molar-refractivity contribution in [2.45, 2.75) is 43.4 Å². The van der Waals surface area contributed by atoms with Crippen molar-refractivity contribution < 1.29 is 9.90 Å². The number of nitrogens with zero attached hydrogens (tertiary/aromatic N) is 1. The normalized spacial score (nSPS) is 19.8. The fourth-order valence-electron chi connectivity index (χ4n) is 4.21. The average molecular weight is 529 g/mol. The molecule has 0 spiro atoms. The van der Waals surface area contributed by atoms with Crippen molar-refractivity contribution in [2.24, 2.45) is 5.41 Å². The van der Waals surface area contributed by atoms with Gasteiger partial charge in [0.1, 0.15) is 0 Å². The monoisotopic (exact) mass is 529 g/mol. The Bertz CT molecular complexity index is 1140. The van der Waals surface area contributed by atoms with Gasteiger partial charge in [-0.25, -0.2) is 0 Å². The fraction of sp³-hybridized carbons (Fsp3) is 0.280. The van der Waals surface area contributed by atoms with Crippen molar-refractivity contribution in [3.8, 4) is 6.07 Å². The number of hydrogen-bond acceptors (Lipinski definition) is 3. The van der Waals surface area contributed by atoms with Crippen molar-refractivity contribution in [2.75, 3.05) is 4.43 Å². The summed E-state index contributed by atoms with van der Waals surface area (Å²) in [5.41, 5.74) is 2.67. The van der Waals surface area contributed by atoms with Crippen LogP contribution >= 0.6 is 31.6 Å². The number of fused-ring (bicyclic) bond motifs is 2. The maximum atomic E-state index is 11.6. The van der Waals surface area contributed by atoms with E-state index < -0.39 is 25.8 Å². The Morgan fingerprint density at radius 3 is 2.60 bits per heavy atom. The molecule has 0 radical (unpaired) electrons. The van der Waals surface area contributed by atoms with E-state index >= 15 is 0 Å². The van der Waals surface area contributed by atoms with Gasteiger partial charge in [0.15, 0.2) is 0 Å². The Morgan fingerprint density at radius 2 is 1.90 bits per heavy atom. The molecule has 2 aromatic rings. The summed E-state index contributed by atoms with van der Waals surface area (Å²) in [5, 5.41) is 18.8. The van der Waals surface area contributed by atoms with E-state index in [0.717, 1.165) is 17.6 Å². The minimum absolute atomic E-state index is 0.0889. The van der Waals surface area contributed by atoms with Gasteiger partial charge in [0.25, 0.3) is 0 Å². The third kappa shape index (κ3) is 3.95. The zero-order valence-corrected chi connectivity index (χ0v) is 20.3. The zero-order valence-electron chi connectivity index (χ0n) is 17.3. The molecule has 0 fully saturated rings. The molecule has 154 valence electrons. The number of halogens is 1. The molecule has 0 saturated heterocycles. The summed E-state index contributed by atoms with van der Waals surface area (Å²) < 4.78 is 4.28. The van der Waals surface area contributed by atoms with E-state index in [4.69, 9.17) is 0 Å². The van der Waals surface area contributed by atoms with Crippen LogP contribution in [0, 0.1) is 23.9 Å². The number of carboxylic acids is 1. The molecule has 1 aliphatic carbocycles. The number of nitriles is 1. The predicted octanol–water partition coefficient (Wildman–Crippen LogP) is 6.83. The van der Waals surface area contributed by atoms with E-state index in [1.54, 1.807) is 3.57 Å². The van der Waals surface area contributed by atoms with Crippen LogP contribution in [0.1, 0.15) is 39.2 Å². The number of carboxylic acid groups (broad SMARTS) is 1. The predicted molar refractivity (Wildman–Crippen MR) is 130 cm³/mol. The Labute approximate surface area is 189 Å². The average Bonchev–Trinajstić information content (AvgIpc) is 2.70. The first kappa shape index (κ1) is 21.2. The minimum atomic E-state index is -1.41. The third-order valence-corrected chi connectivity index (χ3v) is 13.5. The van der Waals surface area contributed by atoms with Gasteiger partial charge in [-0.15, -0.1) is 0 Å². The summed E-state index contributed by atoms with van der Waals surface area (Å²) >= 11 is 0.436. The summed E-state index contributed by atoms with van der Waals surface area (Å²) in [6.07, 6.45) is 3.41. The second-order valence-corrected chi connectivity index (χ2v) is 15.3. The van der Waals surface area contributed by atoms with E-state index in [9.17, 15) is 15.2 Å². The molecule has 0 aromatic heterocycles. The molecular weight excluding hydrogens is 505 g/mol. The number of carbonyl (C=O) groups is 1. The van der Waals surface area contributed by atoms with Crippen molar-refractivity contribution in [3.63, 3.8) is 0 Å². The molecule has 1 N–H and O–H groups in total. The Hall–Kier alpha value is -2.04. The van der Waals surface area contributed by atoms with Gasteiger partial charge in [0.2, 0.25) is 0 Å². The number of rotatable bonds is 3. The van der Waals surface area contributed by atoms with E-state index in [0.29, 0.717) is 12.0 Å². The van der Waals surface area contributed by atoms with Crippen molar-refractivity contribution in [1.29, 1.82) is 5.26 Å². The molecule has 2 aromatic carbocycles. The second kappa shape index (κ2) is 8.24. The van der Waals surface area contributed by atoms with Gasteiger partial charge >= 0.3 is 190 Å². The molecule has 0 saturated carbocycles. The van der Waals surface area contributed by atoms with E-state index in [1.807, 2.05) is 23.9 Å². The van der Waals surface area contributed by atoms with Crippen LogP contribution in [0.4, 0.5) is 0 Å². The van der Waals surface area contributed by atoms with Crippen LogP contribution < -0.4 is 0 Å². The van der Waals surface area contributed by atoms with Crippen LogP contribution in [0.2, 0.25) is 0 Å². The number of aliphatic carboxylic acids is 1. The number of alkyl halides is 1. The maximum absolute atomic E-state index is 11.6. The number of allylic oxidation sites excluding steroid dienone is 3. The Balaban J connectivity index is 1.80. The first-order valence-corrected chi connectivity index (χ1v) is 14.5. The van der Waals surface area contributed by atoms with Gasteiger partial charge in [-0.05, 0) is 0 Å². The van der Waals surface area contributed by atoms with E-state index in [2.05, 4.69) is 63.2 Å². The quantitative estimate of drug-likeness (QED) is 0.205. The first-order chi connectivity index (χ1) is 14.3. The molecule has 2 aliphatic rings. The summed E-state index contributed by atoms with van der Waals surface area (Å²) in [5.74, 6) is -1.14. The van der Waals surface area contributed by atoms with E-state index in [1.165, 1.54) is 17.8 Å². The summed E-state index contributed by atoms with van der Waals surface area (Å²) in [7, 11) is 0. The van der Waals surface area contributed by atoms with Gasteiger partial charge < -0.3 is 0 Å². The Kier molecular flexibility index (Phi) is 5.82. The molecule has 0 atom stereocenters. The molecule has 3 nitrogen and oxygen atoms in total. The summed E-state index contributed by atoms with van der Waals surface area (Å²) in [4.78, 5) is 14.3. The van der Waals surface area contributed by atoms with Crippen LogP contribution in [0.5, 0.6) is 0 Å². The van der Waals surface area contributed by atoms with Crippen LogP contribution in [0.15, 0.2) is 69.5 Å². The Morgan fingerprint density at radius 1 is 1.17 bits per heavy atom. The van der Waals surface area contributed by atoms with Gasteiger partial charge in [0.05, 0.1) is 0 Å². The molecular formula is C25H24INO2S. The molecule has 1 heterocycles. The van der Waals surface area contributed by atoms with Gasteiger partial charge in [-0.2, -0.15) is 0 Å². The van der Waals surface area contributed by atoms with Gasteiger partial charge in [-0.3, -0.25) is 0 Å². The molecule has 30 heavy (non-hydrogen) atoms. The molecule has 0 bridgehead atoms. The number of benzene rings is 2. The van der Waals surface area contributed by atoms with Crippen LogP contribution in [-0.2, 0) is 4.79 Å². The SMILES string of the molecule is CCI1c2ccccc2Sc2cc(C3=C/C(=C(\C#N)C(=O)O)CC(C)(C)C3)ccc21. The molecule has 4 rings (SSSR count).